The van der Waals surface area contributed by atoms with Crippen LogP contribution in [0.1, 0.15) is 5.56 Å². The highest BCUT2D eigenvalue weighted by Crippen LogP contribution is 2.37. The van der Waals surface area contributed by atoms with Gasteiger partial charge in [0.25, 0.3) is 0 Å². The lowest BCUT2D eigenvalue weighted by Crippen LogP contribution is -2.24. The average molecular weight is 226 g/mol. The van der Waals surface area contributed by atoms with Gasteiger partial charge in [0.15, 0.2) is 0 Å². The number of hydrogen-bond donors (Lipinski definition) is 1. The topological polar surface area (TPSA) is 48.1 Å². The highest BCUT2D eigenvalue weighted by atomic mass is 16.5. The molecule has 0 bridgehead atoms. The summed E-state index contributed by atoms with van der Waals surface area (Å²) in [7, 11) is 0. The van der Waals surface area contributed by atoms with Gasteiger partial charge in [-0.1, -0.05) is 18.2 Å². The molecule has 1 aliphatic rings. The van der Waals surface area contributed by atoms with Crippen molar-refractivity contribution in [3.05, 3.63) is 48.2 Å². The van der Waals surface area contributed by atoms with Crippen LogP contribution < -0.4 is 10.5 Å². The summed E-state index contributed by atoms with van der Waals surface area (Å²) in [6.07, 6.45) is 2.80. The molecule has 3 heteroatoms. The van der Waals surface area contributed by atoms with E-state index in [0.717, 1.165) is 23.4 Å². The Hall–Kier alpha value is -1.87. The van der Waals surface area contributed by atoms with E-state index in [1.807, 2.05) is 30.3 Å². The summed E-state index contributed by atoms with van der Waals surface area (Å²) < 4.78 is 5.88. The second-order valence-electron chi connectivity index (χ2n) is 4.19. The Bertz CT molecular complexity index is 525. The number of fused-ring (bicyclic) bond motifs is 1. The summed E-state index contributed by atoms with van der Waals surface area (Å²) in [5.41, 5.74) is 8.89. The number of benzene rings is 1. The van der Waals surface area contributed by atoms with Gasteiger partial charge < -0.3 is 10.5 Å². The number of aromatic nitrogens is 1. The molecule has 86 valence electrons. The second kappa shape index (κ2) is 4.18. The molecule has 17 heavy (non-hydrogen) atoms. The molecule has 0 unspecified atom stereocenters. The van der Waals surface area contributed by atoms with Gasteiger partial charge in [0.1, 0.15) is 11.9 Å². The van der Waals surface area contributed by atoms with Crippen LogP contribution in [-0.2, 0) is 6.42 Å². The van der Waals surface area contributed by atoms with Gasteiger partial charge in [-0.25, -0.2) is 0 Å². The van der Waals surface area contributed by atoms with Crippen molar-refractivity contribution in [3.8, 4) is 17.0 Å². The molecule has 1 atom stereocenters. The Morgan fingerprint density at radius 3 is 2.94 bits per heavy atom. The molecule has 2 heterocycles. The molecule has 1 aromatic heterocycles. The minimum Gasteiger partial charge on any atom is -0.488 e. The van der Waals surface area contributed by atoms with Gasteiger partial charge in [0.2, 0.25) is 0 Å². The number of hydrogen-bond acceptors (Lipinski definition) is 3. The van der Waals surface area contributed by atoms with Crippen LogP contribution in [0.5, 0.6) is 5.75 Å². The van der Waals surface area contributed by atoms with Gasteiger partial charge in [-0.3, -0.25) is 4.98 Å². The van der Waals surface area contributed by atoms with Crippen LogP contribution in [0.15, 0.2) is 42.6 Å². The molecule has 1 aliphatic heterocycles. The van der Waals surface area contributed by atoms with E-state index in [1.165, 1.54) is 5.56 Å². The van der Waals surface area contributed by atoms with Crippen LogP contribution in [-0.4, -0.2) is 17.6 Å². The Balaban J connectivity index is 2.07. The molecule has 3 rings (SSSR count). The van der Waals surface area contributed by atoms with E-state index < -0.39 is 0 Å². The first-order valence-electron chi connectivity index (χ1n) is 5.78. The number of ether oxygens (including phenoxy) is 1. The molecule has 0 amide bonds. The molecule has 2 N–H and O–H groups in total. The van der Waals surface area contributed by atoms with Crippen molar-refractivity contribution in [2.24, 2.45) is 5.73 Å². The smallest absolute Gasteiger partial charge is 0.132 e. The van der Waals surface area contributed by atoms with E-state index in [4.69, 9.17) is 10.5 Å². The SMILES string of the molecule is NC[C@H]1Cc2cccc(-c3ccccn3)c2O1. The lowest BCUT2D eigenvalue weighted by Gasteiger charge is -2.10. The maximum atomic E-state index is 5.88. The fourth-order valence-corrected chi connectivity index (χ4v) is 2.19. The van der Waals surface area contributed by atoms with Gasteiger partial charge in [-0.15, -0.1) is 0 Å². The first-order valence-corrected chi connectivity index (χ1v) is 5.78. The van der Waals surface area contributed by atoms with E-state index in [2.05, 4.69) is 11.1 Å². The number of pyridine rings is 1. The fourth-order valence-electron chi connectivity index (χ4n) is 2.19. The maximum Gasteiger partial charge on any atom is 0.132 e. The molecule has 0 spiro atoms. The van der Waals surface area contributed by atoms with Crippen LogP contribution in [0, 0.1) is 0 Å². The summed E-state index contributed by atoms with van der Waals surface area (Å²) in [5.74, 6) is 0.946. The van der Waals surface area contributed by atoms with E-state index in [9.17, 15) is 0 Å². The second-order valence-corrected chi connectivity index (χ2v) is 4.19. The first kappa shape index (κ1) is 10.3. The summed E-state index contributed by atoms with van der Waals surface area (Å²) >= 11 is 0. The summed E-state index contributed by atoms with van der Waals surface area (Å²) in [5, 5.41) is 0. The van der Waals surface area contributed by atoms with Crippen molar-refractivity contribution in [3.63, 3.8) is 0 Å². The molecule has 3 nitrogen and oxygen atoms in total. The Kier molecular flexibility index (Phi) is 2.53. The standard InChI is InChI=1S/C14H14N2O/c15-9-11-8-10-4-3-5-12(14(10)17-11)13-6-1-2-7-16-13/h1-7,11H,8-9,15H2/t11-/m1/s1. The van der Waals surface area contributed by atoms with Crippen molar-refractivity contribution in [1.82, 2.24) is 4.98 Å². The molecule has 0 aliphatic carbocycles. The number of nitrogens with zero attached hydrogens (tertiary/aromatic N) is 1. The van der Waals surface area contributed by atoms with E-state index in [0.29, 0.717) is 6.54 Å². The predicted molar refractivity (Wildman–Crippen MR) is 66.8 cm³/mol. The van der Waals surface area contributed by atoms with Crippen LogP contribution in [0.25, 0.3) is 11.3 Å². The third-order valence-electron chi connectivity index (χ3n) is 3.03. The highest BCUT2D eigenvalue weighted by Gasteiger charge is 2.24. The van der Waals surface area contributed by atoms with Gasteiger partial charge in [-0.2, -0.15) is 0 Å². The summed E-state index contributed by atoms with van der Waals surface area (Å²) in [6, 6.07) is 12.1. The van der Waals surface area contributed by atoms with Gasteiger partial charge in [0.05, 0.1) is 5.69 Å². The van der Waals surface area contributed by atoms with E-state index >= 15 is 0 Å². The Labute approximate surface area is 100 Å². The van der Waals surface area contributed by atoms with E-state index in [-0.39, 0.29) is 6.10 Å². The van der Waals surface area contributed by atoms with Crippen molar-refractivity contribution < 1.29 is 4.74 Å². The van der Waals surface area contributed by atoms with Crippen molar-refractivity contribution in [2.75, 3.05) is 6.54 Å². The zero-order chi connectivity index (χ0) is 11.7. The normalized spacial score (nSPS) is 17.6. The number of rotatable bonds is 2. The molecular formula is C14H14N2O. The largest absolute Gasteiger partial charge is 0.488 e. The Morgan fingerprint density at radius 1 is 1.24 bits per heavy atom. The zero-order valence-corrected chi connectivity index (χ0v) is 9.47. The third kappa shape index (κ3) is 1.78. The highest BCUT2D eigenvalue weighted by molar-refractivity contribution is 5.70. The average Bonchev–Trinajstić information content (AvgIpc) is 2.82. The van der Waals surface area contributed by atoms with Crippen LogP contribution in [0.3, 0.4) is 0 Å². The van der Waals surface area contributed by atoms with Crippen LogP contribution in [0.4, 0.5) is 0 Å². The summed E-state index contributed by atoms with van der Waals surface area (Å²) in [4.78, 5) is 4.37. The zero-order valence-electron chi connectivity index (χ0n) is 9.47. The molecule has 0 radical (unpaired) electrons. The number of nitrogens with two attached hydrogens (primary N) is 1. The quantitative estimate of drug-likeness (QED) is 0.852. The molecular weight excluding hydrogens is 212 g/mol. The summed E-state index contributed by atoms with van der Waals surface area (Å²) in [6.45, 7) is 0.552. The molecule has 0 fully saturated rings. The molecule has 1 aromatic carbocycles. The minimum absolute atomic E-state index is 0.106. The number of para-hydroxylation sites is 1. The van der Waals surface area contributed by atoms with Gasteiger partial charge in [0, 0.05) is 24.7 Å². The molecule has 0 saturated carbocycles. The van der Waals surface area contributed by atoms with Crippen LogP contribution in [0.2, 0.25) is 0 Å². The maximum absolute atomic E-state index is 5.88. The lowest BCUT2D eigenvalue weighted by atomic mass is 10.0. The van der Waals surface area contributed by atoms with Crippen molar-refractivity contribution in [1.29, 1.82) is 0 Å². The predicted octanol–water partition coefficient (Wildman–Crippen LogP) is 2.01. The Morgan fingerprint density at radius 2 is 2.18 bits per heavy atom. The first-order chi connectivity index (χ1) is 8.38. The van der Waals surface area contributed by atoms with Crippen molar-refractivity contribution in [2.45, 2.75) is 12.5 Å². The third-order valence-corrected chi connectivity index (χ3v) is 3.03. The fraction of sp³-hybridized carbons (Fsp3) is 0.214. The monoisotopic (exact) mass is 226 g/mol. The van der Waals surface area contributed by atoms with Crippen LogP contribution >= 0.6 is 0 Å². The van der Waals surface area contributed by atoms with Crippen molar-refractivity contribution >= 4 is 0 Å². The molecule has 0 saturated heterocycles. The van der Waals surface area contributed by atoms with E-state index in [1.54, 1.807) is 6.20 Å². The molecule has 2 aromatic rings. The van der Waals surface area contributed by atoms with Gasteiger partial charge >= 0.3 is 0 Å². The minimum atomic E-state index is 0.106. The lowest BCUT2D eigenvalue weighted by molar-refractivity contribution is 0.242. The van der Waals surface area contributed by atoms with Gasteiger partial charge in [-0.05, 0) is 23.8 Å².